The first kappa shape index (κ1) is 28.6. The van der Waals surface area contributed by atoms with E-state index in [4.69, 9.17) is 36.1 Å². The summed E-state index contributed by atoms with van der Waals surface area (Å²) in [5.41, 5.74) is 18.0. The van der Waals surface area contributed by atoms with Gasteiger partial charge in [0.05, 0.1) is 19.3 Å². The van der Waals surface area contributed by atoms with Crippen LogP contribution in [0.1, 0.15) is 6.42 Å². The standard InChI is InChI=1S/C19H37N5O11/c20-4-8-12(27)14(29)10(22)18(32-8)34-16-6(21)3-7(23-1-2-25)11(24-31)17(16)35-19-15(30)13(28)9(5-26)33-19/h6-19,23,25-30H,1-5,20-22H2. The van der Waals surface area contributed by atoms with Crippen molar-refractivity contribution in [1.29, 1.82) is 0 Å². The van der Waals surface area contributed by atoms with Crippen LogP contribution in [0.3, 0.4) is 0 Å². The summed E-state index contributed by atoms with van der Waals surface area (Å²) in [5.74, 6) is 0. The Bertz CT molecular complexity index is 681. The van der Waals surface area contributed by atoms with E-state index in [-0.39, 0.29) is 26.1 Å². The molecule has 16 heteroatoms. The van der Waals surface area contributed by atoms with Crippen LogP contribution in [-0.2, 0) is 18.9 Å². The van der Waals surface area contributed by atoms with Crippen LogP contribution in [0, 0.1) is 4.91 Å². The van der Waals surface area contributed by atoms with Crippen LogP contribution in [0.2, 0.25) is 0 Å². The molecule has 1 saturated carbocycles. The van der Waals surface area contributed by atoms with Gasteiger partial charge in [-0.1, -0.05) is 5.18 Å². The van der Waals surface area contributed by atoms with Crippen LogP contribution >= 0.6 is 0 Å². The SMILES string of the molecule is NCC1OC(OC2C(N)CC(NCCO)C(N=O)C2OC2OC(CO)C(O)C2O)C(N)C(O)C1O. The van der Waals surface area contributed by atoms with Crippen LogP contribution in [0.15, 0.2) is 5.18 Å². The topological polar surface area (TPSA) is 278 Å². The second-order valence-corrected chi connectivity index (χ2v) is 9.03. The molecule has 3 fully saturated rings. The van der Waals surface area contributed by atoms with Gasteiger partial charge in [0.2, 0.25) is 0 Å². The highest BCUT2D eigenvalue weighted by molar-refractivity contribution is 5.05. The van der Waals surface area contributed by atoms with E-state index in [2.05, 4.69) is 10.5 Å². The van der Waals surface area contributed by atoms with Crippen molar-refractivity contribution < 1.29 is 49.6 Å². The Morgan fingerprint density at radius 1 is 0.914 bits per heavy atom. The maximum atomic E-state index is 11.9. The summed E-state index contributed by atoms with van der Waals surface area (Å²) in [6.07, 6.45) is -12.9. The van der Waals surface area contributed by atoms with E-state index in [1.165, 1.54) is 0 Å². The third-order valence-corrected chi connectivity index (χ3v) is 6.72. The van der Waals surface area contributed by atoms with Crippen LogP contribution < -0.4 is 22.5 Å². The maximum absolute atomic E-state index is 11.9. The number of rotatable bonds is 10. The highest BCUT2D eigenvalue weighted by Gasteiger charge is 2.53. The minimum atomic E-state index is -1.56. The second-order valence-electron chi connectivity index (χ2n) is 9.03. The van der Waals surface area contributed by atoms with Crippen LogP contribution in [0.4, 0.5) is 0 Å². The largest absolute Gasteiger partial charge is 0.395 e. The van der Waals surface area contributed by atoms with Gasteiger partial charge in [-0.3, -0.25) is 0 Å². The van der Waals surface area contributed by atoms with Crippen molar-refractivity contribution >= 4 is 0 Å². The van der Waals surface area contributed by atoms with Crippen molar-refractivity contribution in [3.8, 4) is 0 Å². The van der Waals surface area contributed by atoms with E-state index in [9.17, 15) is 35.5 Å². The number of nitrogens with one attached hydrogen (secondary N) is 1. The lowest BCUT2D eigenvalue weighted by Crippen LogP contribution is -2.68. The molecule has 0 aromatic rings. The minimum absolute atomic E-state index is 0.133. The van der Waals surface area contributed by atoms with Crippen molar-refractivity contribution in [2.45, 2.75) is 92.0 Å². The van der Waals surface area contributed by atoms with E-state index < -0.39 is 92.2 Å². The Kier molecular flexibility index (Phi) is 10.2. The van der Waals surface area contributed by atoms with Crippen LogP contribution in [-0.4, -0.2) is 143 Å². The monoisotopic (exact) mass is 511 g/mol. The van der Waals surface area contributed by atoms with Gasteiger partial charge < -0.3 is 72.1 Å². The van der Waals surface area contributed by atoms with E-state index in [0.29, 0.717) is 0 Å². The molecule has 3 rings (SSSR count). The minimum Gasteiger partial charge on any atom is -0.395 e. The highest BCUT2D eigenvalue weighted by atomic mass is 16.7. The molecule has 14 unspecified atom stereocenters. The van der Waals surface area contributed by atoms with Crippen LogP contribution in [0.25, 0.3) is 0 Å². The molecule has 204 valence electrons. The van der Waals surface area contributed by atoms with Gasteiger partial charge in [-0.05, 0) is 6.42 Å². The second kappa shape index (κ2) is 12.5. The average Bonchev–Trinajstić information content (AvgIpc) is 3.12. The predicted molar refractivity (Wildman–Crippen MR) is 116 cm³/mol. The number of hydrogen-bond acceptors (Lipinski definition) is 16. The zero-order chi connectivity index (χ0) is 25.9. The van der Waals surface area contributed by atoms with E-state index in [0.717, 1.165) is 0 Å². The number of hydrogen-bond donors (Lipinski definition) is 10. The fourth-order valence-corrected chi connectivity index (χ4v) is 4.71. The summed E-state index contributed by atoms with van der Waals surface area (Å²) in [5, 5.41) is 65.5. The summed E-state index contributed by atoms with van der Waals surface area (Å²) in [7, 11) is 0. The molecule has 0 aromatic heterocycles. The zero-order valence-electron chi connectivity index (χ0n) is 19.0. The molecule has 2 aliphatic heterocycles. The lowest BCUT2D eigenvalue weighted by atomic mass is 9.82. The molecule has 1 aliphatic carbocycles. The fourth-order valence-electron chi connectivity index (χ4n) is 4.71. The molecule has 14 atom stereocenters. The number of nitroso groups, excluding NO2 is 1. The number of nitrogens with zero attached hydrogens (tertiary/aromatic N) is 1. The lowest BCUT2D eigenvalue weighted by Gasteiger charge is -2.47. The van der Waals surface area contributed by atoms with Gasteiger partial charge >= 0.3 is 0 Å². The normalized spacial score (nSPS) is 48.7. The molecule has 16 nitrogen and oxygen atoms in total. The van der Waals surface area contributed by atoms with Crippen molar-refractivity contribution in [2.24, 2.45) is 22.4 Å². The molecule has 0 bridgehead atoms. The predicted octanol–water partition coefficient (Wildman–Crippen LogP) is -6.25. The molecule has 0 radical (unpaired) electrons. The Balaban J connectivity index is 1.86. The molecule has 3 aliphatic rings. The first-order chi connectivity index (χ1) is 16.7. The fraction of sp³-hybridized carbons (Fsp3) is 1.00. The number of aliphatic hydroxyl groups excluding tert-OH is 6. The maximum Gasteiger partial charge on any atom is 0.187 e. The average molecular weight is 512 g/mol. The van der Waals surface area contributed by atoms with Gasteiger partial charge in [0.15, 0.2) is 12.6 Å². The van der Waals surface area contributed by atoms with E-state index >= 15 is 0 Å². The highest BCUT2D eigenvalue weighted by Crippen LogP contribution is 2.33. The van der Waals surface area contributed by atoms with E-state index in [1.54, 1.807) is 0 Å². The third kappa shape index (κ3) is 5.97. The molecule has 0 spiro atoms. The lowest BCUT2D eigenvalue weighted by molar-refractivity contribution is -0.299. The first-order valence-corrected chi connectivity index (χ1v) is 11.5. The van der Waals surface area contributed by atoms with Gasteiger partial charge in [-0.2, -0.15) is 4.91 Å². The first-order valence-electron chi connectivity index (χ1n) is 11.5. The quantitative estimate of drug-likeness (QED) is 0.122. The van der Waals surface area contributed by atoms with Crippen molar-refractivity contribution in [3.63, 3.8) is 0 Å². The Hall–Kier alpha value is -0.960. The molecular formula is C19H37N5O11. The number of aliphatic hydroxyl groups is 6. The number of nitrogens with two attached hydrogens (primary N) is 3. The van der Waals surface area contributed by atoms with Gasteiger partial charge in [-0.25, -0.2) is 0 Å². The number of ether oxygens (including phenoxy) is 4. The summed E-state index contributed by atoms with van der Waals surface area (Å²) < 4.78 is 22.9. The smallest absolute Gasteiger partial charge is 0.187 e. The molecule has 35 heavy (non-hydrogen) atoms. The van der Waals surface area contributed by atoms with Crippen molar-refractivity contribution in [3.05, 3.63) is 4.91 Å². The van der Waals surface area contributed by atoms with Gasteiger partial charge in [0.1, 0.15) is 54.9 Å². The molecule has 2 saturated heterocycles. The van der Waals surface area contributed by atoms with Gasteiger partial charge in [0.25, 0.3) is 0 Å². The zero-order valence-corrected chi connectivity index (χ0v) is 19.0. The van der Waals surface area contributed by atoms with Crippen molar-refractivity contribution in [1.82, 2.24) is 5.32 Å². The van der Waals surface area contributed by atoms with E-state index in [1.807, 2.05) is 0 Å². The van der Waals surface area contributed by atoms with Gasteiger partial charge in [-0.15, -0.1) is 0 Å². The molecular weight excluding hydrogens is 474 g/mol. The Morgan fingerprint density at radius 3 is 2.11 bits per heavy atom. The Labute approximate surface area is 201 Å². The molecule has 13 N–H and O–H groups in total. The summed E-state index contributed by atoms with van der Waals surface area (Å²) >= 11 is 0. The van der Waals surface area contributed by atoms with Gasteiger partial charge in [0, 0.05) is 25.2 Å². The van der Waals surface area contributed by atoms with Crippen molar-refractivity contribution in [2.75, 3.05) is 26.3 Å². The molecule has 0 amide bonds. The summed E-state index contributed by atoms with van der Waals surface area (Å²) in [6.45, 7) is -0.823. The third-order valence-electron chi connectivity index (χ3n) is 6.72. The molecule has 0 aromatic carbocycles. The molecule has 2 heterocycles. The Morgan fingerprint density at radius 2 is 1.54 bits per heavy atom. The van der Waals surface area contributed by atoms with Crippen LogP contribution in [0.5, 0.6) is 0 Å². The summed E-state index contributed by atoms with van der Waals surface area (Å²) in [4.78, 5) is 11.9. The summed E-state index contributed by atoms with van der Waals surface area (Å²) in [6, 6.07) is -3.83.